The minimum Gasteiger partial charge on any atom is -0.388 e. The maximum absolute atomic E-state index is 11.1. The van der Waals surface area contributed by atoms with Gasteiger partial charge in [-0.05, 0) is 18.6 Å². The molecule has 2 aromatic rings. The van der Waals surface area contributed by atoms with Crippen LogP contribution < -0.4 is 4.90 Å². The molecule has 0 fully saturated rings. The molecule has 0 aliphatic rings. The molecule has 0 aliphatic heterocycles. The van der Waals surface area contributed by atoms with E-state index in [1.54, 1.807) is 31.3 Å². The van der Waals surface area contributed by atoms with Crippen LogP contribution in [-0.4, -0.2) is 22.1 Å². The van der Waals surface area contributed by atoms with Crippen LogP contribution in [0.5, 0.6) is 0 Å². The third kappa shape index (κ3) is 3.12. The zero-order valence-electron chi connectivity index (χ0n) is 11.2. The second-order valence-electron chi connectivity index (χ2n) is 4.49. The molecule has 2 rings (SSSR count). The third-order valence-corrected chi connectivity index (χ3v) is 4.22. The van der Waals surface area contributed by atoms with Crippen LogP contribution in [-0.2, 0) is 6.54 Å². The predicted molar refractivity (Wildman–Crippen MR) is 78.0 cm³/mol. The predicted octanol–water partition coefficient (Wildman–Crippen LogP) is 2.74. The monoisotopic (exact) mass is 293 g/mol. The first kappa shape index (κ1) is 14.4. The van der Waals surface area contributed by atoms with Crippen molar-refractivity contribution < 1.29 is 10.0 Å². The summed E-state index contributed by atoms with van der Waals surface area (Å²) in [4.78, 5) is 17.1. The van der Waals surface area contributed by atoms with E-state index in [0.29, 0.717) is 16.4 Å². The van der Waals surface area contributed by atoms with Crippen molar-refractivity contribution in [1.29, 1.82) is 0 Å². The van der Waals surface area contributed by atoms with Gasteiger partial charge in [-0.15, -0.1) is 11.3 Å². The molecule has 0 radical (unpaired) electrons. The van der Waals surface area contributed by atoms with E-state index in [4.69, 9.17) is 0 Å². The molecule has 20 heavy (non-hydrogen) atoms. The van der Waals surface area contributed by atoms with Crippen molar-refractivity contribution in [2.24, 2.45) is 0 Å². The van der Waals surface area contributed by atoms with Crippen LogP contribution >= 0.6 is 11.3 Å². The minimum absolute atomic E-state index is 0.0253. The molecule has 1 unspecified atom stereocenters. The highest BCUT2D eigenvalue weighted by molar-refractivity contribution is 7.16. The fraction of sp³-hybridized carbons (Fsp3) is 0.308. The molecule has 0 aliphatic carbocycles. The van der Waals surface area contributed by atoms with Crippen LogP contribution in [0.2, 0.25) is 0 Å². The fourth-order valence-electron chi connectivity index (χ4n) is 1.84. The van der Waals surface area contributed by atoms with Crippen molar-refractivity contribution in [3.8, 4) is 0 Å². The number of rotatable bonds is 5. The molecule has 7 heteroatoms. The lowest BCUT2D eigenvalue weighted by Gasteiger charge is -2.16. The summed E-state index contributed by atoms with van der Waals surface area (Å²) >= 11 is 1.24. The van der Waals surface area contributed by atoms with Crippen molar-refractivity contribution >= 4 is 22.0 Å². The quantitative estimate of drug-likeness (QED) is 0.677. The van der Waals surface area contributed by atoms with Gasteiger partial charge in [0, 0.05) is 36.9 Å². The van der Waals surface area contributed by atoms with Gasteiger partial charge in [0.25, 0.3) is 0 Å². The molecule has 106 valence electrons. The molecule has 6 nitrogen and oxygen atoms in total. The van der Waals surface area contributed by atoms with Gasteiger partial charge in [0.15, 0.2) is 5.00 Å². The maximum atomic E-state index is 11.1. The second-order valence-corrected chi connectivity index (χ2v) is 5.55. The lowest BCUT2D eigenvalue weighted by Crippen LogP contribution is -2.16. The summed E-state index contributed by atoms with van der Waals surface area (Å²) in [7, 11) is 1.79. The number of pyridine rings is 1. The number of aromatic nitrogens is 1. The molecule has 0 amide bonds. The first-order valence-electron chi connectivity index (χ1n) is 6.05. The average molecular weight is 293 g/mol. The number of thiophene rings is 1. The molecular weight excluding hydrogens is 278 g/mol. The van der Waals surface area contributed by atoms with E-state index < -0.39 is 11.0 Å². The first-order valence-corrected chi connectivity index (χ1v) is 6.87. The largest absolute Gasteiger partial charge is 0.388 e. The van der Waals surface area contributed by atoms with Crippen LogP contribution in [0, 0.1) is 10.1 Å². The number of hydrogen-bond acceptors (Lipinski definition) is 6. The van der Waals surface area contributed by atoms with Gasteiger partial charge >= 0.3 is 5.69 Å². The van der Waals surface area contributed by atoms with Gasteiger partial charge in [0.05, 0.1) is 11.0 Å². The van der Waals surface area contributed by atoms with E-state index in [1.807, 2.05) is 12.1 Å². The first-order chi connectivity index (χ1) is 9.49. The van der Waals surface area contributed by atoms with E-state index in [9.17, 15) is 15.2 Å². The number of aliphatic hydroxyl groups is 1. The molecule has 0 aromatic carbocycles. The van der Waals surface area contributed by atoms with Crippen LogP contribution in [0.15, 0.2) is 30.6 Å². The Hall–Kier alpha value is -1.99. The minimum atomic E-state index is -0.709. The zero-order chi connectivity index (χ0) is 14.7. The molecule has 0 spiro atoms. The van der Waals surface area contributed by atoms with Gasteiger partial charge in [-0.2, -0.15) is 0 Å². The van der Waals surface area contributed by atoms with E-state index in [2.05, 4.69) is 4.98 Å². The molecule has 1 atom stereocenters. The van der Waals surface area contributed by atoms with E-state index in [0.717, 1.165) is 5.56 Å². The van der Waals surface area contributed by atoms with Gasteiger partial charge in [0.1, 0.15) is 0 Å². The smallest absolute Gasteiger partial charge is 0.304 e. The topological polar surface area (TPSA) is 79.5 Å². The molecule has 2 aromatic heterocycles. The zero-order valence-corrected chi connectivity index (χ0v) is 12.0. The maximum Gasteiger partial charge on any atom is 0.304 e. The Labute approximate surface area is 120 Å². The molecule has 2 heterocycles. The van der Waals surface area contributed by atoms with Crippen molar-refractivity contribution in [3.05, 3.63) is 51.1 Å². The highest BCUT2D eigenvalue weighted by Crippen LogP contribution is 2.39. The lowest BCUT2D eigenvalue weighted by molar-refractivity contribution is -0.383. The van der Waals surface area contributed by atoms with E-state index in [-0.39, 0.29) is 5.69 Å². The van der Waals surface area contributed by atoms with Gasteiger partial charge in [0.2, 0.25) is 0 Å². The molecular formula is C13H15N3O3S. The van der Waals surface area contributed by atoms with E-state index in [1.165, 1.54) is 17.4 Å². The normalized spacial score (nSPS) is 12.2. The van der Waals surface area contributed by atoms with Crippen molar-refractivity contribution in [3.63, 3.8) is 0 Å². The van der Waals surface area contributed by atoms with Crippen molar-refractivity contribution in [2.45, 2.75) is 19.6 Å². The lowest BCUT2D eigenvalue weighted by atomic mass is 10.2. The molecule has 1 N–H and O–H groups in total. The summed E-state index contributed by atoms with van der Waals surface area (Å²) in [5, 5.41) is 21.2. The third-order valence-electron chi connectivity index (χ3n) is 2.81. The van der Waals surface area contributed by atoms with Crippen LogP contribution in [0.1, 0.15) is 23.5 Å². The summed E-state index contributed by atoms with van der Waals surface area (Å²) in [6.07, 6.45) is 2.70. The Morgan fingerprint density at radius 1 is 1.60 bits per heavy atom. The number of aliphatic hydroxyl groups excluding tert-OH is 1. The summed E-state index contributed by atoms with van der Waals surface area (Å²) in [5.41, 5.74) is 0.994. The Kier molecular flexibility index (Phi) is 4.31. The summed E-state index contributed by atoms with van der Waals surface area (Å²) in [6, 6.07) is 5.18. The Bertz CT molecular complexity index is 598. The van der Waals surface area contributed by atoms with Crippen LogP contribution in [0.4, 0.5) is 10.7 Å². The summed E-state index contributed by atoms with van der Waals surface area (Å²) < 4.78 is 0. The van der Waals surface area contributed by atoms with Gasteiger partial charge in [-0.1, -0.05) is 6.07 Å². The standard InChI is InChI=1S/C13H15N3O3S/c1-9(17)12-6-11(16(18)19)13(20-12)15(2)8-10-4-3-5-14-7-10/h3-7,9,17H,8H2,1-2H3. The Morgan fingerprint density at radius 3 is 2.90 bits per heavy atom. The molecule has 0 bridgehead atoms. The number of hydrogen-bond donors (Lipinski definition) is 1. The Morgan fingerprint density at radius 2 is 2.35 bits per heavy atom. The molecule has 0 saturated heterocycles. The highest BCUT2D eigenvalue weighted by Gasteiger charge is 2.23. The van der Waals surface area contributed by atoms with Gasteiger partial charge in [-0.3, -0.25) is 15.1 Å². The van der Waals surface area contributed by atoms with Crippen LogP contribution in [0.3, 0.4) is 0 Å². The van der Waals surface area contributed by atoms with Crippen LogP contribution in [0.25, 0.3) is 0 Å². The van der Waals surface area contributed by atoms with Crippen molar-refractivity contribution in [1.82, 2.24) is 4.98 Å². The van der Waals surface area contributed by atoms with Gasteiger partial charge in [-0.25, -0.2) is 0 Å². The average Bonchev–Trinajstić information content (AvgIpc) is 2.85. The van der Waals surface area contributed by atoms with Crippen molar-refractivity contribution in [2.75, 3.05) is 11.9 Å². The van der Waals surface area contributed by atoms with Gasteiger partial charge < -0.3 is 10.0 Å². The Balaban J connectivity index is 2.28. The SMILES string of the molecule is CC(O)c1cc([N+](=O)[O-])c(N(C)Cc2cccnc2)s1. The summed E-state index contributed by atoms with van der Waals surface area (Å²) in [6.45, 7) is 2.12. The second kappa shape index (κ2) is 5.98. The number of nitrogens with zero attached hydrogens (tertiary/aromatic N) is 3. The summed E-state index contributed by atoms with van der Waals surface area (Å²) in [5.74, 6) is 0. The van der Waals surface area contributed by atoms with E-state index >= 15 is 0 Å². The molecule has 0 saturated carbocycles. The fourth-order valence-corrected chi connectivity index (χ4v) is 2.86. The number of anilines is 1. The highest BCUT2D eigenvalue weighted by atomic mass is 32.1. The number of nitro groups is 1.